The van der Waals surface area contributed by atoms with Crippen LogP contribution in [-0.2, 0) is 4.79 Å². The molecule has 116 valence electrons. The fraction of sp³-hybridized carbons (Fsp3) is 0.533. The minimum absolute atomic E-state index is 0.490. The summed E-state index contributed by atoms with van der Waals surface area (Å²) in [5.41, 5.74) is 6.65. The van der Waals surface area contributed by atoms with E-state index in [-0.39, 0.29) is 0 Å². The predicted molar refractivity (Wildman–Crippen MR) is 81.9 cm³/mol. The highest BCUT2D eigenvalue weighted by molar-refractivity contribution is 5.73. The van der Waals surface area contributed by atoms with Crippen LogP contribution in [0.4, 0.5) is 5.69 Å². The first-order chi connectivity index (χ1) is 10.1. The Balaban J connectivity index is 1.84. The second-order valence-corrected chi connectivity index (χ2v) is 5.23. The summed E-state index contributed by atoms with van der Waals surface area (Å²) in [6.45, 7) is 4.35. The molecule has 1 aromatic rings. The van der Waals surface area contributed by atoms with Gasteiger partial charge in [-0.2, -0.15) is 0 Å². The molecular weight excluding hydrogens is 270 g/mol. The molecule has 1 aliphatic heterocycles. The van der Waals surface area contributed by atoms with E-state index in [0.717, 1.165) is 44.2 Å². The lowest BCUT2D eigenvalue weighted by atomic mass is 10.2. The molecule has 1 saturated heterocycles. The number of ether oxygens (including phenoxy) is 1. The molecular formula is C15H23N3O3. The summed E-state index contributed by atoms with van der Waals surface area (Å²) in [7, 11) is 1.68. The number of hydrogen-bond acceptors (Lipinski definition) is 5. The summed E-state index contributed by atoms with van der Waals surface area (Å²) in [5.74, 6) is -0.0403. The van der Waals surface area contributed by atoms with Crippen LogP contribution in [0.25, 0.3) is 0 Å². The molecule has 0 amide bonds. The van der Waals surface area contributed by atoms with E-state index in [2.05, 4.69) is 15.9 Å². The van der Waals surface area contributed by atoms with E-state index in [0.29, 0.717) is 6.42 Å². The highest BCUT2D eigenvalue weighted by atomic mass is 16.5. The molecule has 0 bridgehead atoms. The second kappa shape index (κ2) is 7.28. The lowest BCUT2D eigenvalue weighted by Gasteiger charge is -2.36. The summed E-state index contributed by atoms with van der Waals surface area (Å²) in [4.78, 5) is 15.3. The largest absolute Gasteiger partial charge is 0.495 e. The maximum absolute atomic E-state index is 10.7. The van der Waals surface area contributed by atoms with Gasteiger partial charge >= 0.3 is 5.97 Å². The van der Waals surface area contributed by atoms with Crippen LogP contribution in [0.15, 0.2) is 24.3 Å². The number of aliphatic carboxylic acids is 1. The highest BCUT2D eigenvalue weighted by Gasteiger charge is 2.20. The Morgan fingerprint density at radius 3 is 2.62 bits per heavy atom. The quantitative estimate of drug-likeness (QED) is 0.800. The summed E-state index contributed by atoms with van der Waals surface area (Å²) in [6.07, 6.45) is 0.490. The van der Waals surface area contributed by atoms with Crippen molar-refractivity contribution in [1.29, 1.82) is 0 Å². The lowest BCUT2D eigenvalue weighted by Crippen LogP contribution is -2.48. The van der Waals surface area contributed by atoms with Crippen molar-refractivity contribution in [3.63, 3.8) is 0 Å². The van der Waals surface area contributed by atoms with Crippen molar-refractivity contribution in [2.24, 2.45) is 5.73 Å². The molecule has 6 nitrogen and oxygen atoms in total. The first kappa shape index (κ1) is 15.6. The maximum atomic E-state index is 10.7. The molecule has 3 N–H and O–H groups in total. The van der Waals surface area contributed by atoms with Gasteiger partial charge in [0.05, 0.1) is 12.8 Å². The second-order valence-electron chi connectivity index (χ2n) is 5.23. The summed E-state index contributed by atoms with van der Waals surface area (Å²) in [6, 6.07) is 7.24. The van der Waals surface area contributed by atoms with Crippen LogP contribution in [0, 0.1) is 0 Å². The van der Waals surface area contributed by atoms with Crippen molar-refractivity contribution in [2.45, 2.75) is 12.5 Å². The van der Waals surface area contributed by atoms with Crippen molar-refractivity contribution in [3.8, 4) is 5.75 Å². The van der Waals surface area contributed by atoms with Gasteiger partial charge in [-0.25, -0.2) is 0 Å². The molecule has 1 unspecified atom stereocenters. The standard InChI is InChI=1S/C15H23N3O3/c1-21-14-5-3-2-4-13(14)18-10-8-17(9-11-18)7-6-12(16)15(19)20/h2-5,12H,6-11,16H2,1H3,(H,19,20). The number of carbonyl (C=O) groups is 1. The Morgan fingerprint density at radius 2 is 2.00 bits per heavy atom. The number of carboxylic acid groups (broad SMARTS) is 1. The number of para-hydroxylation sites is 2. The molecule has 0 radical (unpaired) electrons. The van der Waals surface area contributed by atoms with E-state index in [1.807, 2.05) is 18.2 Å². The predicted octanol–water partition coefficient (Wildman–Crippen LogP) is 0.619. The zero-order chi connectivity index (χ0) is 15.2. The van der Waals surface area contributed by atoms with Crippen LogP contribution < -0.4 is 15.4 Å². The van der Waals surface area contributed by atoms with Gasteiger partial charge in [0.2, 0.25) is 0 Å². The fourth-order valence-corrected chi connectivity index (χ4v) is 2.55. The van der Waals surface area contributed by atoms with E-state index < -0.39 is 12.0 Å². The van der Waals surface area contributed by atoms with Gasteiger partial charge in [-0.1, -0.05) is 12.1 Å². The first-order valence-corrected chi connectivity index (χ1v) is 7.20. The summed E-state index contributed by atoms with van der Waals surface area (Å²) >= 11 is 0. The molecule has 6 heteroatoms. The molecule has 1 fully saturated rings. The average Bonchev–Trinajstić information content (AvgIpc) is 2.53. The van der Waals surface area contributed by atoms with Crippen LogP contribution in [0.5, 0.6) is 5.75 Å². The fourth-order valence-electron chi connectivity index (χ4n) is 2.55. The van der Waals surface area contributed by atoms with Gasteiger partial charge < -0.3 is 20.5 Å². The van der Waals surface area contributed by atoms with E-state index in [4.69, 9.17) is 15.6 Å². The van der Waals surface area contributed by atoms with Crippen LogP contribution in [0.2, 0.25) is 0 Å². The molecule has 21 heavy (non-hydrogen) atoms. The maximum Gasteiger partial charge on any atom is 0.320 e. The number of benzene rings is 1. The van der Waals surface area contributed by atoms with Gasteiger partial charge in [0.1, 0.15) is 11.8 Å². The lowest BCUT2D eigenvalue weighted by molar-refractivity contribution is -0.138. The van der Waals surface area contributed by atoms with Gasteiger partial charge in [-0.15, -0.1) is 0 Å². The molecule has 0 spiro atoms. The number of rotatable bonds is 6. The molecule has 0 saturated carbocycles. The van der Waals surface area contributed by atoms with Crippen molar-refractivity contribution >= 4 is 11.7 Å². The molecule has 1 aliphatic rings. The summed E-state index contributed by atoms with van der Waals surface area (Å²) < 4.78 is 5.39. The topological polar surface area (TPSA) is 79.0 Å². The van der Waals surface area contributed by atoms with E-state index >= 15 is 0 Å². The number of nitrogens with two attached hydrogens (primary N) is 1. The zero-order valence-electron chi connectivity index (χ0n) is 12.4. The van der Waals surface area contributed by atoms with Crippen LogP contribution >= 0.6 is 0 Å². The Kier molecular flexibility index (Phi) is 5.41. The van der Waals surface area contributed by atoms with Crippen LogP contribution in [0.1, 0.15) is 6.42 Å². The number of nitrogens with zero attached hydrogens (tertiary/aromatic N) is 2. The Labute approximate surface area is 125 Å². The molecule has 0 aliphatic carbocycles. The number of anilines is 1. The number of piperazine rings is 1. The van der Waals surface area contributed by atoms with Gasteiger partial charge in [0.15, 0.2) is 0 Å². The van der Waals surface area contributed by atoms with Gasteiger partial charge in [-0.05, 0) is 18.6 Å². The third-order valence-electron chi connectivity index (χ3n) is 3.87. The van der Waals surface area contributed by atoms with Crippen molar-refractivity contribution in [3.05, 3.63) is 24.3 Å². The summed E-state index contributed by atoms with van der Waals surface area (Å²) in [5, 5.41) is 8.79. The highest BCUT2D eigenvalue weighted by Crippen LogP contribution is 2.28. The molecule has 1 atom stereocenters. The number of hydrogen-bond donors (Lipinski definition) is 2. The third-order valence-corrected chi connectivity index (χ3v) is 3.87. The molecule has 2 rings (SSSR count). The Hall–Kier alpha value is -1.79. The van der Waals surface area contributed by atoms with E-state index in [9.17, 15) is 4.79 Å². The van der Waals surface area contributed by atoms with E-state index in [1.165, 1.54) is 0 Å². The minimum Gasteiger partial charge on any atom is -0.495 e. The van der Waals surface area contributed by atoms with Gasteiger partial charge in [-0.3, -0.25) is 9.69 Å². The number of carboxylic acids is 1. The molecule has 1 aromatic carbocycles. The minimum atomic E-state index is -0.928. The smallest absolute Gasteiger partial charge is 0.320 e. The SMILES string of the molecule is COc1ccccc1N1CCN(CCC(N)C(=O)O)CC1. The van der Waals surface area contributed by atoms with Crippen molar-refractivity contribution in [2.75, 3.05) is 44.7 Å². The number of methoxy groups -OCH3 is 1. The van der Waals surface area contributed by atoms with Crippen LogP contribution in [-0.4, -0.2) is 61.9 Å². The Bertz CT molecular complexity index is 473. The van der Waals surface area contributed by atoms with Crippen molar-refractivity contribution in [1.82, 2.24) is 4.90 Å². The average molecular weight is 293 g/mol. The van der Waals surface area contributed by atoms with Crippen molar-refractivity contribution < 1.29 is 14.6 Å². The zero-order valence-corrected chi connectivity index (χ0v) is 12.4. The molecule has 0 aromatic heterocycles. The van der Waals surface area contributed by atoms with Gasteiger partial charge in [0.25, 0.3) is 0 Å². The van der Waals surface area contributed by atoms with E-state index in [1.54, 1.807) is 7.11 Å². The Morgan fingerprint density at radius 1 is 1.33 bits per heavy atom. The molecule has 1 heterocycles. The normalized spacial score (nSPS) is 17.5. The monoisotopic (exact) mass is 293 g/mol. The first-order valence-electron chi connectivity index (χ1n) is 7.20. The van der Waals surface area contributed by atoms with Gasteiger partial charge in [0, 0.05) is 32.7 Å². The van der Waals surface area contributed by atoms with Crippen LogP contribution in [0.3, 0.4) is 0 Å². The third kappa shape index (κ3) is 4.09.